The molecule has 1 N–H and O–H groups in total. The number of nitrogens with zero attached hydrogens (tertiary/aromatic N) is 1. The van der Waals surface area contributed by atoms with Crippen molar-refractivity contribution in [2.45, 2.75) is 19.2 Å². The summed E-state index contributed by atoms with van der Waals surface area (Å²) in [6.07, 6.45) is -0.757. The molecule has 146 valence electrons. The lowest BCUT2D eigenvalue weighted by Gasteiger charge is -2.25. The summed E-state index contributed by atoms with van der Waals surface area (Å²) < 4.78 is 32.9. The van der Waals surface area contributed by atoms with Gasteiger partial charge >= 0.3 is 0 Å². The van der Waals surface area contributed by atoms with Gasteiger partial charge in [-0.1, -0.05) is 54.6 Å². The molecule has 28 heavy (non-hydrogen) atoms. The Kier molecular flexibility index (Phi) is 7.12. The molecule has 3 rings (SSSR count). The van der Waals surface area contributed by atoms with Gasteiger partial charge in [-0.2, -0.15) is 0 Å². The zero-order valence-corrected chi connectivity index (χ0v) is 15.5. The fourth-order valence-electron chi connectivity index (χ4n) is 2.98. The summed E-state index contributed by atoms with van der Waals surface area (Å²) in [6, 6.07) is 22.6. The van der Waals surface area contributed by atoms with Crippen LogP contribution in [0.25, 0.3) is 0 Å². The molecule has 0 saturated heterocycles. The summed E-state index contributed by atoms with van der Waals surface area (Å²) in [4.78, 5) is 1.92. The standard InChI is InChI=1S/C23H23F2NO2/c24-20-12-11-19(23(25)13-20)15-26(14-18-7-3-1-4-8-18)16-21(27)17-28-22-9-5-2-6-10-22/h1-13,21,27H,14-17H2. The molecular formula is C23H23F2NO2. The van der Waals surface area contributed by atoms with E-state index in [9.17, 15) is 13.9 Å². The molecule has 0 aliphatic rings. The second kappa shape index (κ2) is 9.97. The van der Waals surface area contributed by atoms with Gasteiger partial charge in [0.1, 0.15) is 30.1 Å². The SMILES string of the molecule is OC(COc1ccccc1)CN(Cc1ccccc1)Cc1ccc(F)cc1F. The van der Waals surface area contributed by atoms with E-state index in [2.05, 4.69) is 0 Å². The van der Waals surface area contributed by atoms with Crippen LogP contribution in [0.2, 0.25) is 0 Å². The number of aliphatic hydroxyl groups excluding tert-OH is 1. The molecule has 0 amide bonds. The Morgan fingerprint density at radius 3 is 2.21 bits per heavy atom. The lowest BCUT2D eigenvalue weighted by atomic mass is 10.1. The topological polar surface area (TPSA) is 32.7 Å². The molecule has 0 saturated carbocycles. The van der Waals surface area contributed by atoms with Crippen LogP contribution in [0.15, 0.2) is 78.9 Å². The van der Waals surface area contributed by atoms with Gasteiger partial charge in [0, 0.05) is 31.3 Å². The summed E-state index contributed by atoms with van der Waals surface area (Å²) in [6.45, 7) is 1.20. The highest BCUT2D eigenvalue weighted by Gasteiger charge is 2.16. The van der Waals surface area contributed by atoms with Crippen LogP contribution in [0.5, 0.6) is 5.75 Å². The highest BCUT2D eigenvalue weighted by molar-refractivity contribution is 5.21. The molecule has 0 heterocycles. The summed E-state index contributed by atoms with van der Waals surface area (Å²) in [5.74, 6) is -0.513. The molecule has 3 nitrogen and oxygen atoms in total. The van der Waals surface area contributed by atoms with Crippen molar-refractivity contribution in [2.24, 2.45) is 0 Å². The quantitative estimate of drug-likeness (QED) is 0.594. The van der Waals surface area contributed by atoms with Crippen LogP contribution in [0.4, 0.5) is 8.78 Å². The Labute approximate surface area is 163 Å². The maximum Gasteiger partial charge on any atom is 0.130 e. The highest BCUT2D eigenvalue weighted by Crippen LogP contribution is 2.16. The van der Waals surface area contributed by atoms with Crippen molar-refractivity contribution in [1.82, 2.24) is 4.90 Å². The molecule has 0 aliphatic carbocycles. The third-order valence-corrected chi connectivity index (χ3v) is 4.31. The van der Waals surface area contributed by atoms with Crippen molar-refractivity contribution in [1.29, 1.82) is 0 Å². The largest absolute Gasteiger partial charge is 0.491 e. The van der Waals surface area contributed by atoms with E-state index in [0.29, 0.717) is 24.4 Å². The number of halogens is 2. The van der Waals surface area contributed by atoms with Gasteiger partial charge in [-0.3, -0.25) is 4.90 Å². The van der Waals surface area contributed by atoms with Crippen LogP contribution >= 0.6 is 0 Å². The monoisotopic (exact) mass is 383 g/mol. The first-order valence-electron chi connectivity index (χ1n) is 9.16. The van der Waals surface area contributed by atoms with Gasteiger partial charge in [-0.15, -0.1) is 0 Å². The fourth-order valence-corrected chi connectivity index (χ4v) is 2.98. The Morgan fingerprint density at radius 1 is 0.857 bits per heavy atom. The van der Waals surface area contributed by atoms with Crippen LogP contribution in [-0.4, -0.2) is 29.3 Å². The van der Waals surface area contributed by atoms with Gasteiger partial charge < -0.3 is 9.84 Å². The van der Waals surface area contributed by atoms with E-state index in [1.807, 2.05) is 65.6 Å². The number of benzene rings is 3. The molecule has 3 aromatic rings. The molecule has 0 radical (unpaired) electrons. The van der Waals surface area contributed by atoms with E-state index in [-0.39, 0.29) is 13.2 Å². The number of ether oxygens (including phenoxy) is 1. The van der Waals surface area contributed by atoms with Crippen LogP contribution in [0, 0.1) is 11.6 Å². The molecule has 5 heteroatoms. The van der Waals surface area contributed by atoms with Crippen molar-refractivity contribution < 1.29 is 18.6 Å². The summed E-state index contributed by atoms with van der Waals surface area (Å²) in [5.41, 5.74) is 1.43. The van der Waals surface area contributed by atoms with E-state index in [1.54, 1.807) is 0 Å². The van der Waals surface area contributed by atoms with E-state index in [1.165, 1.54) is 12.1 Å². The number of hydrogen-bond donors (Lipinski definition) is 1. The Hall–Kier alpha value is -2.76. The average molecular weight is 383 g/mol. The Balaban J connectivity index is 1.66. The summed E-state index contributed by atoms with van der Waals surface area (Å²) >= 11 is 0. The molecule has 0 bridgehead atoms. The number of hydrogen-bond acceptors (Lipinski definition) is 3. The van der Waals surface area contributed by atoms with Gasteiger partial charge in [0.25, 0.3) is 0 Å². The first-order chi connectivity index (χ1) is 13.6. The molecule has 0 spiro atoms. The summed E-state index contributed by atoms with van der Waals surface area (Å²) in [7, 11) is 0. The molecule has 3 aromatic carbocycles. The van der Waals surface area contributed by atoms with Crippen LogP contribution in [0.3, 0.4) is 0 Å². The average Bonchev–Trinajstić information content (AvgIpc) is 2.70. The first-order valence-corrected chi connectivity index (χ1v) is 9.16. The van der Waals surface area contributed by atoms with E-state index in [0.717, 1.165) is 11.6 Å². The minimum Gasteiger partial charge on any atom is -0.491 e. The lowest BCUT2D eigenvalue weighted by molar-refractivity contribution is 0.0624. The second-order valence-corrected chi connectivity index (χ2v) is 6.67. The smallest absolute Gasteiger partial charge is 0.130 e. The van der Waals surface area contributed by atoms with Crippen LogP contribution < -0.4 is 4.74 Å². The maximum absolute atomic E-state index is 14.1. The molecule has 0 fully saturated rings. The van der Waals surface area contributed by atoms with Crippen LogP contribution in [0.1, 0.15) is 11.1 Å². The van der Waals surface area contributed by atoms with Gasteiger partial charge in [-0.25, -0.2) is 8.78 Å². The van der Waals surface area contributed by atoms with Crippen molar-refractivity contribution >= 4 is 0 Å². The van der Waals surface area contributed by atoms with Crippen molar-refractivity contribution in [3.8, 4) is 5.75 Å². The molecule has 0 aliphatic heterocycles. The predicted molar refractivity (Wildman–Crippen MR) is 105 cm³/mol. The highest BCUT2D eigenvalue weighted by atomic mass is 19.1. The van der Waals surface area contributed by atoms with Crippen molar-refractivity contribution in [2.75, 3.05) is 13.2 Å². The minimum absolute atomic E-state index is 0.126. The molecule has 1 unspecified atom stereocenters. The number of aliphatic hydroxyl groups is 1. The third kappa shape index (κ3) is 6.15. The van der Waals surface area contributed by atoms with Crippen LogP contribution in [-0.2, 0) is 13.1 Å². The first kappa shape index (κ1) is 20.0. The Bertz CT molecular complexity index is 859. The number of para-hydroxylation sites is 1. The van der Waals surface area contributed by atoms with Gasteiger partial charge in [0.05, 0.1) is 0 Å². The minimum atomic E-state index is -0.757. The van der Waals surface area contributed by atoms with Gasteiger partial charge in [0.15, 0.2) is 0 Å². The number of rotatable bonds is 9. The predicted octanol–water partition coefficient (Wildman–Crippen LogP) is 4.41. The van der Waals surface area contributed by atoms with Crippen molar-refractivity contribution in [3.05, 3.63) is 102 Å². The summed E-state index contributed by atoms with van der Waals surface area (Å²) in [5, 5.41) is 10.4. The van der Waals surface area contributed by atoms with Crippen molar-refractivity contribution in [3.63, 3.8) is 0 Å². The van der Waals surface area contributed by atoms with E-state index < -0.39 is 17.7 Å². The fraction of sp³-hybridized carbons (Fsp3) is 0.217. The normalized spacial score (nSPS) is 12.1. The molecule has 1 atom stereocenters. The Morgan fingerprint density at radius 2 is 1.54 bits per heavy atom. The van der Waals surface area contributed by atoms with Gasteiger partial charge in [0.2, 0.25) is 0 Å². The maximum atomic E-state index is 14.1. The molecular weight excluding hydrogens is 360 g/mol. The zero-order chi connectivity index (χ0) is 19.8. The lowest BCUT2D eigenvalue weighted by Crippen LogP contribution is -2.35. The van der Waals surface area contributed by atoms with E-state index in [4.69, 9.17) is 4.74 Å². The van der Waals surface area contributed by atoms with Gasteiger partial charge in [-0.05, 0) is 23.8 Å². The third-order valence-electron chi connectivity index (χ3n) is 4.31. The van der Waals surface area contributed by atoms with E-state index >= 15 is 0 Å². The molecule has 0 aromatic heterocycles. The second-order valence-electron chi connectivity index (χ2n) is 6.67. The zero-order valence-electron chi connectivity index (χ0n) is 15.5.